The summed E-state index contributed by atoms with van der Waals surface area (Å²) in [6.45, 7) is 15.4. The van der Waals surface area contributed by atoms with E-state index in [1.54, 1.807) is 0 Å². The highest BCUT2D eigenvalue weighted by molar-refractivity contribution is 5.90. The highest BCUT2D eigenvalue weighted by Crippen LogP contribution is 2.36. The van der Waals surface area contributed by atoms with Gasteiger partial charge in [-0.2, -0.15) is 4.58 Å². The lowest BCUT2D eigenvalue weighted by atomic mass is 9.92. The zero-order valence-corrected chi connectivity index (χ0v) is 14.4. The fourth-order valence-corrected chi connectivity index (χ4v) is 3.15. The Morgan fingerprint density at radius 2 is 1.52 bits per heavy atom. The molecule has 1 aromatic carbocycles. The minimum absolute atomic E-state index is 0.0346. The van der Waals surface area contributed by atoms with Crippen molar-refractivity contribution < 1.29 is 9.31 Å². The van der Waals surface area contributed by atoms with Crippen molar-refractivity contribution in [1.82, 2.24) is 0 Å². The lowest BCUT2D eigenvalue weighted by molar-refractivity contribution is -0.537. The molecule has 0 aliphatic carbocycles. The van der Waals surface area contributed by atoms with Crippen LogP contribution in [-0.4, -0.2) is 16.5 Å². The molecule has 0 bridgehead atoms. The molecule has 0 radical (unpaired) electrons. The Hall–Kier alpha value is -1.57. The van der Waals surface area contributed by atoms with Gasteiger partial charge in [0.15, 0.2) is 5.71 Å². The van der Waals surface area contributed by atoms with E-state index in [4.69, 9.17) is 4.74 Å². The number of hydrogen-bond acceptors (Lipinski definition) is 1. The van der Waals surface area contributed by atoms with E-state index in [0.717, 1.165) is 5.76 Å². The number of ether oxygens (including phenoxy) is 1. The van der Waals surface area contributed by atoms with E-state index in [1.165, 1.54) is 22.5 Å². The van der Waals surface area contributed by atoms with Crippen molar-refractivity contribution in [2.75, 3.05) is 0 Å². The molecule has 1 aliphatic rings. The van der Waals surface area contributed by atoms with Gasteiger partial charge in [0.25, 0.3) is 6.23 Å². The Labute approximate surface area is 129 Å². The van der Waals surface area contributed by atoms with Crippen LogP contribution in [0.3, 0.4) is 0 Å². The Bertz CT molecular complexity index is 567. The molecule has 1 unspecified atom stereocenters. The Kier molecular flexibility index (Phi) is 4.55. The summed E-state index contributed by atoms with van der Waals surface area (Å²) >= 11 is 0. The van der Waals surface area contributed by atoms with E-state index >= 15 is 0 Å². The molecule has 1 aliphatic heterocycles. The van der Waals surface area contributed by atoms with Gasteiger partial charge < -0.3 is 4.74 Å². The van der Waals surface area contributed by atoms with Crippen LogP contribution in [0.4, 0.5) is 5.69 Å². The third-order valence-electron chi connectivity index (χ3n) is 4.10. The standard InChI is InChI=1S/C19H28NO/c1-12(2)17-9-8-10-18(13(3)4)19(17)20-14(5)11-15(6)21-16(20)7/h8-13,16H,1-7H3/q+1. The quantitative estimate of drug-likeness (QED) is 0.685. The lowest BCUT2D eigenvalue weighted by Gasteiger charge is -2.24. The summed E-state index contributed by atoms with van der Waals surface area (Å²) in [5, 5.41) is 0. The van der Waals surface area contributed by atoms with Crippen LogP contribution in [0.1, 0.15) is 71.4 Å². The molecule has 0 spiro atoms. The molecule has 2 rings (SSSR count). The summed E-state index contributed by atoms with van der Waals surface area (Å²) in [5.74, 6) is 1.97. The maximum absolute atomic E-state index is 5.96. The van der Waals surface area contributed by atoms with Crippen LogP contribution in [0.2, 0.25) is 0 Å². The van der Waals surface area contributed by atoms with Gasteiger partial charge in [-0.15, -0.1) is 0 Å². The summed E-state index contributed by atoms with van der Waals surface area (Å²) in [4.78, 5) is 0. The molecule has 114 valence electrons. The van der Waals surface area contributed by atoms with Gasteiger partial charge in [-0.25, -0.2) is 0 Å². The summed E-state index contributed by atoms with van der Waals surface area (Å²) in [6.07, 6.45) is 2.16. The fraction of sp³-hybridized carbons (Fsp3) is 0.526. The maximum atomic E-state index is 5.96. The highest BCUT2D eigenvalue weighted by Gasteiger charge is 2.32. The number of rotatable bonds is 3. The van der Waals surface area contributed by atoms with Crippen molar-refractivity contribution in [3.63, 3.8) is 0 Å². The van der Waals surface area contributed by atoms with Crippen LogP contribution in [0.5, 0.6) is 0 Å². The molecule has 0 aromatic heterocycles. The van der Waals surface area contributed by atoms with Gasteiger partial charge in [0.05, 0.1) is 0 Å². The normalized spacial score (nSPS) is 19.1. The third-order valence-corrected chi connectivity index (χ3v) is 4.10. The molecule has 2 nitrogen and oxygen atoms in total. The van der Waals surface area contributed by atoms with Gasteiger partial charge in [0, 0.05) is 31.1 Å². The smallest absolute Gasteiger partial charge is 0.299 e. The minimum Gasteiger partial charge on any atom is -0.438 e. The Balaban J connectivity index is 2.75. The predicted octanol–water partition coefficient (Wildman–Crippen LogP) is 5.32. The molecule has 0 saturated heterocycles. The molecular weight excluding hydrogens is 258 g/mol. The zero-order chi connectivity index (χ0) is 15.7. The molecule has 0 fully saturated rings. The SMILES string of the molecule is CC1=CC(C)=[N+](c2c(C(C)C)cccc2C(C)C)C(C)O1. The second-order valence-electron chi connectivity index (χ2n) is 6.58. The van der Waals surface area contributed by atoms with Crippen molar-refractivity contribution in [2.45, 2.75) is 66.5 Å². The summed E-state index contributed by atoms with van der Waals surface area (Å²) in [6, 6.07) is 6.67. The van der Waals surface area contributed by atoms with E-state index in [1.807, 2.05) is 6.92 Å². The van der Waals surface area contributed by atoms with E-state index in [0.29, 0.717) is 11.8 Å². The van der Waals surface area contributed by atoms with Crippen LogP contribution < -0.4 is 0 Å². The Morgan fingerprint density at radius 1 is 1.00 bits per heavy atom. The number of nitrogens with zero attached hydrogens (tertiary/aromatic N) is 1. The van der Waals surface area contributed by atoms with Crippen LogP contribution in [-0.2, 0) is 4.74 Å². The number of benzene rings is 1. The second-order valence-corrected chi connectivity index (χ2v) is 6.58. The first kappa shape index (κ1) is 15.8. The first-order valence-electron chi connectivity index (χ1n) is 7.93. The number of para-hydroxylation sites is 1. The highest BCUT2D eigenvalue weighted by atomic mass is 16.5. The van der Waals surface area contributed by atoms with E-state index in [-0.39, 0.29) is 6.23 Å². The van der Waals surface area contributed by atoms with E-state index in [2.05, 4.69) is 70.4 Å². The van der Waals surface area contributed by atoms with Gasteiger partial charge in [-0.3, -0.25) is 0 Å². The predicted molar refractivity (Wildman–Crippen MR) is 89.5 cm³/mol. The molecule has 2 heteroatoms. The molecule has 0 saturated carbocycles. The van der Waals surface area contributed by atoms with E-state index < -0.39 is 0 Å². The molecule has 1 heterocycles. The largest absolute Gasteiger partial charge is 0.438 e. The van der Waals surface area contributed by atoms with Crippen molar-refractivity contribution in [3.8, 4) is 0 Å². The van der Waals surface area contributed by atoms with Gasteiger partial charge in [0.2, 0.25) is 5.69 Å². The first-order valence-corrected chi connectivity index (χ1v) is 7.93. The zero-order valence-electron chi connectivity index (χ0n) is 14.4. The summed E-state index contributed by atoms with van der Waals surface area (Å²) < 4.78 is 8.30. The van der Waals surface area contributed by atoms with Crippen molar-refractivity contribution in [1.29, 1.82) is 0 Å². The average Bonchev–Trinajstić information content (AvgIpc) is 2.37. The van der Waals surface area contributed by atoms with Crippen LogP contribution in [0.25, 0.3) is 0 Å². The topological polar surface area (TPSA) is 12.2 Å². The molecule has 0 amide bonds. The minimum atomic E-state index is 0.0346. The van der Waals surface area contributed by atoms with Crippen molar-refractivity contribution in [2.24, 2.45) is 0 Å². The van der Waals surface area contributed by atoms with Gasteiger partial charge >= 0.3 is 0 Å². The monoisotopic (exact) mass is 286 g/mol. The van der Waals surface area contributed by atoms with Crippen molar-refractivity contribution in [3.05, 3.63) is 41.2 Å². The first-order chi connectivity index (χ1) is 9.82. The van der Waals surface area contributed by atoms with Crippen molar-refractivity contribution >= 4 is 11.4 Å². The fourth-order valence-electron chi connectivity index (χ4n) is 3.15. The molecule has 0 N–H and O–H groups in total. The Morgan fingerprint density at radius 3 is 1.95 bits per heavy atom. The van der Waals surface area contributed by atoms with Crippen LogP contribution >= 0.6 is 0 Å². The molecule has 21 heavy (non-hydrogen) atoms. The van der Waals surface area contributed by atoms with Gasteiger partial charge in [-0.05, 0) is 18.8 Å². The molecule has 1 aromatic rings. The molecule has 1 atom stereocenters. The lowest BCUT2D eigenvalue weighted by Crippen LogP contribution is -2.31. The average molecular weight is 286 g/mol. The molecular formula is C19H28NO+. The van der Waals surface area contributed by atoms with E-state index in [9.17, 15) is 0 Å². The number of hydrogen-bond donors (Lipinski definition) is 0. The van der Waals surface area contributed by atoms with Crippen LogP contribution in [0, 0.1) is 0 Å². The third kappa shape index (κ3) is 3.04. The second kappa shape index (κ2) is 6.05. The summed E-state index contributed by atoms with van der Waals surface area (Å²) in [7, 11) is 0. The van der Waals surface area contributed by atoms with Crippen LogP contribution in [0.15, 0.2) is 30.0 Å². The maximum Gasteiger partial charge on any atom is 0.299 e. The van der Waals surface area contributed by atoms with Gasteiger partial charge in [0.1, 0.15) is 5.76 Å². The summed E-state index contributed by atoms with van der Waals surface area (Å²) in [5.41, 5.74) is 5.37. The van der Waals surface area contributed by atoms with Gasteiger partial charge in [-0.1, -0.05) is 45.9 Å². The number of allylic oxidation sites excluding steroid dienone is 2.